The summed E-state index contributed by atoms with van der Waals surface area (Å²) in [6.07, 6.45) is 1.81. The van der Waals surface area contributed by atoms with Crippen molar-refractivity contribution in [2.45, 2.75) is 6.61 Å². The van der Waals surface area contributed by atoms with Crippen molar-refractivity contribution in [3.63, 3.8) is 0 Å². The monoisotopic (exact) mass is 399 g/mol. The second kappa shape index (κ2) is 8.13. The Morgan fingerprint density at radius 3 is 2.42 bits per heavy atom. The van der Waals surface area contributed by atoms with Crippen LogP contribution in [0.1, 0.15) is 11.1 Å². The molecule has 0 aliphatic heterocycles. The Bertz CT molecular complexity index is 832. The maximum atomic E-state index is 6.06. The smallest absolute Gasteiger partial charge is 0.119 e. The Morgan fingerprint density at radius 1 is 0.958 bits per heavy atom. The normalized spacial score (nSPS) is 10.9. The SMILES string of the molecule is Clc1cc(N=Cc2ccc(OCc3ccccc3)cc2)ccc1Br. The third-order valence-corrected chi connectivity index (χ3v) is 4.63. The number of aliphatic imine (C=N–C) groups is 1. The molecule has 3 aromatic carbocycles. The number of ether oxygens (including phenoxy) is 1. The predicted molar refractivity (Wildman–Crippen MR) is 104 cm³/mol. The highest BCUT2D eigenvalue weighted by Gasteiger charge is 1.98. The van der Waals surface area contributed by atoms with Crippen LogP contribution >= 0.6 is 27.5 Å². The van der Waals surface area contributed by atoms with Gasteiger partial charge in [0, 0.05) is 10.7 Å². The van der Waals surface area contributed by atoms with Gasteiger partial charge in [-0.1, -0.05) is 41.9 Å². The van der Waals surface area contributed by atoms with E-state index in [9.17, 15) is 0 Å². The standard InChI is InChI=1S/C20H15BrClNO/c21-19-11-8-17(12-20(19)22)23-13-15-6-9-18(10-7-15)24-14-16-4-2-1-3-5-16/h1-13H,14H2. The van der Waals surface area contributed by atoms with Gasteiger partial charge in [-0.25, -0.2) is 0 Å². The lowest BCUT2D eigenvalue weighted by Crippen LogP contribution is -1.94. The fraction of sp³-hybridized carbons (Fsp3) is 0.0500. The fourth-order valence-corrected chi connectivity index (χ4v) is 2.53. The average Bonchev–Trinajstić information content (AvgIpc) is 2.63. The Balaban J connectivity index is 1.61. The first kappa shape index (κ1) is 16.7. The number of benzene rings is 3. The molecule has 0 saturated carbocycles. The fourth-order valence-electron chi connectivity index (χ4n) is 2.11. The van der Waals surface area contributed by atoms with Crippen LogP contribution in [0.3, 0.4) is 0 Å². The molecule has 0 amide bonds. The molecule has 0 spiro atoms. The van der Waals surface area contributed by atoms with Crippen LogP contribution in [0.25, 0.3) is 0 Å². The molecule has 0 radical (unpaired) electrons. The molecular formula is C20H15BrClNO. The van der Waals surface area contributed by atoms with Gasteiger partial charge in [-0.3, -0.25) is 4.99 Å². The van der Waals surface area contributed by atoms with E-state index < -0.39 is 0 Å². The van der Waals surface area contributed by atoms with Crippen LogP contribution in [0.5, 0.6) is 5.75 Å². The quantitative estimate of drug-likeness (QED) is 0.452. The minimum atomic E-state index is 0.561. The molecule has 3 rings (SSSR count). The molecule has 4 heteroatoms. The van der Waals surface area contributed by atoms with Gasteiger partial charge < -0.3 is 4.74 Å². The van der Waals surface area contributed by atoms with Crippen LogP contribution < -0.4 is 4.74 Å². The number of nitrogens with zero attached hydrogens (tertiary/aromatic N) is 1. The van der Waals surface area contributed by atoms with Gasteiger partial charge in [0.25, 0.3) is 0 Å². The number of hydrogen-bond donors (Lipinski definition) is 0. The zero-order valence-corrected chi connectivity index (χ0v) is 15.2. The molecule has 0 aliphatic carbocycles. The van der Waals surface area contributed by atoms with E-state index in [1.807, 2.05) is 72.8 Å². The number of hydrogen-bond acceptors (Lipinski definition) is 2. The molecule has 0 aliphatic rings. The summed E-state index contributed by atoms with van der Waals surface area (Å²) in [4.78, 5) is 4.43. The summed E-state index contributed by atoms with van der Waals surface area (Å²) in [6, 6.07) is 23.6. The summed E-state index contributed by atoms with van der Waals surface area (Å²) in [7, 11) is 0. The van der Waals surface area contributed by atoms with Gasteiger partial charge in [-0.2, -0.15) is 0 Å². The highest BCUT2D eigenvalue weighted by atomic mass is 79.9. The van der Waals surface area contributed by atoms with Crippen molar-refractivity contribution in [3.05, 3.63) is 93.4 Å². The van der Waals surface area contributed by atoms with E-state index in [0.29, 0.717) is 11.6 Å². The van der Waals surface area contributed by atoms with Crippen LogP contribution in [0.2, 0.25) is 5.02 Å². The van der Waals surface area contributed by atoms with E-state index in [1.165, 1.54) is 0 Å². The van der Waals surface area contributed by atoms with E-state index in [0.717, 1.165) is 27.0 Å². The van der Waals surface area contributed by atoms with Gasteiger partial charge in [0.05, 0.1) is 10.7 Å². The zero-order chi connectivity index (χ0) is 16.8. The van der Waals surface area contributed by atoms with Gasteiger partial charge in [0.2, 0.25) is 0 Å². The Kier molecular flexibility index (Phi) is 5.68. The van der Waals surface area contributed by atoms with Crippen LogP contribution in [0.4, 0.5) is 5.69 Å². The van der Waals surface area contributed by atoms with E-state index in [2.05, 4.69) is 20.9 Å². The highest BCUT2D eigenvalue weighted by Crippen LogP contribution is 2.27. The summed E-state index contributed by atoms with van der Waals surface area (Å²) in [5.74, 6) is 0.836. The van der Waals surface area contributed by atoms with Gasteiger partial charge >= 0.3 is 0 Å². The van der Waals surface area contributed by atoms with Crippen molar-refractivity contribution in [2.24, 2.45) is 4.99 Å². The molecule has 0 fully saturated rings. The van der Waals surface area contributed by atoms with Crippen LogP contribution in [0.15, 0.2) is 82.3 Å². The highest BCUT2D eigenvalue weighted by molar-refractivity contribution is 9.10. The van der Waals surface area contributed by atoms with Crippen molar-refractivity contribution >= 4 is 39.4 Å². The molecule has 0 aromatic heterocycles. The van der Waals surface area contributed by atoms with Crippen LogP contribution in [-0.2, 0) is 6.61 Å². The van der Waals surface area contributed by atoms with Gasteiger partial charge in [0.15, 0.2) is 0 Å². The van der Waals surface area contributed by atoms with Crippen molar-refractivity contribution in [1.82, 2.24) is 0 Å². The second-order valence-electron chi connectivity index (χ2n) is 5.20. The molecule has 0 atom stereocenters. The van der Waals surface area contributed by atoms with E-state index in [4.69, 9.17) is 16.3 Å². The van der Waals surface area contributed by atoms with Gasteiger partial charge in [-0.15, -0.1) is 0 Å². The Labute approximate surface area is 154 Å². The largest absolute Gasteiger partial charge is 0.489 e. The maximum Gasteiger partial charge on any atom is 0.119 e. The molecule has 0 unspecified atom stereocenters. The molecule has 3 aromatic rings. The first-order valence-corrected chi connectivity index (χ1v) is 8.64. The summed E-state index contributed by atoms with van der Waals surface area (Å²) >= 11 is 9.43. The summed E-state index contributed by atoms with van der Waals surface area (Å²) in [5, 5.41) is 0.648. The van der Waals surface area contributed by atoms with Crippen LogP contribution in [0, 0.1) is 0 Å². The van der Waals surface area contributed by atoms with Gasteiger partial charge in [0.1, 0.15) is 12.4 Å². The maximum absolute atomic E-state index is 6.06. The Morgan fingerprint density at radius 2 is 1.71 bits per heavy atom. The molecule has 24 heavy (non-hydrogen) atoms. The lowest BCUT2D eigenvalue weighted by Gasteiger charge is -2.06. The third-order valence-electron chi connectivity index (χ3n) is 3.39. The summed E-state index contributed by atoms with van der Waals surface area (Å²) < 4.78 is 6.64. The zero-order valence-electron chi connectivity index (χ0n) is 12.8. The molecule has 0 N–H and O–H groups in total. The first-order valence-electron chi connectivity index (χ1n) is 7.46. The molecule has 0 saturated heterocycles. The summed E-state index contributed by atoms with van der Waals surface area (Å²) in [5.41, 5.74) is 2.96. The number of rotatable bonds is 5. The number of halogens is 2. The topological polar surface area (TPSA) is 21.6 Å². The van der Waals surface area contributed by atoms with Crippen molar-refractivity contribution in [2.75, 3.05) is 0 Å². The molecular weight excluding hydrogens is 386 g/mol. The van der Waals surface area contributed by atoms with Gasteiger partial charge in [-0.05, 0) is 69.5 Å². The van der Waals surface area contributed by atoms with Crippen molar-refractivity contribution in [1.29, 1.82) is 0 Å². The molecule has 0 heterocycles. The van der Waals surface area contributed by atoms with E-state index in [-0.39, 0.29) is 0 Å². The average molecular weight is 401 g/mol. The van der Waals surface area contributed by atoms with Crippen molar-refractivity contribution in [3.8, 4) is 5.75 Å². The third kappa shape index (κ3) is 4.70. The second-order valence-corrected chi connectivity index (χ2v) is 6.46. The lowest BCUT2D eigenvalue weighted by molar-refractivity contribution is 0.306. The molecule has 120 valence electrons. The minimum absolute atomic E-state index is 0.561. The predicted octanol–water partition coefficient (Wildman–Crippen LogP) is 6.43. The summed E-state index contributed by atoms with van der Waals surface area (Å²) in [6.45, 7) is 0.561. The van der Waals surface area contributed by atoms with Crippen LogP contribution in [-0.4, -0.2) is 6.21 Å². The molecule has 2 nitrogen and oxygen atoms in total. The van der Waals surface area contributed by atoms with E-state index >= 15 is 0 Å². The molecule has 0 bridgehead atoms. The minimum Gasteiger partial charge on any atom is -0.489 e. The lowest BCUT2D eigenvalue weighted by atomic mass is 10.2. The van der Waals surface area contributed by atoms with E-state index in [1.54, 1.807) is 6.21 Å². The first-order chi connectivity index (χ1) is 11.7. The Hall–Kier alpha value is -2.10. The van der Waals surface area contributed by atoms with Crippen molar-refractivity contribution < 1.29 is 4.74 Å².